The van der Waals surface area contributed by atoms with E-state index in [0.717, 1.165) is 50.8 Å². The summed E-state index contributed by atoms with van der Waals surface area (Å²) >= 11 is 6.31. The zero-order valence-corrected chi connectivity index (χ0v) is 31.6. The van der Waals surface area contributed by atoms with E-state index in [9.17, 15) is 32.3 Å². The lowest BCUT2D eigenvalue weighted by Gasteiger charge is -2.47. The topological polar surface area (TPSA) is 129 Å². The molecule has 4 saturated heterocycles. The van der Waals surface area contributed by atoms with Crippen molar-refractivity contribution >= 4 is 40.7 Å². The predicted molar refractivity (Wildman–Crippen MR) is 200 cm³/mol. The Morgan fingerprint density at radius 2 is 1.64 bits per heavy atom. The van der Waals surface area contributed by atoms with Crippen molar-refractivity contribution in [1.29, 1.82) is 0 Å². The molecule has 7 rings (SSSR count). The van der Waals surface area contributed by atoms with Gasteiger partial charge in [-0.15, -0.1) is 13.2 Å². The molecule has 4 aliphatic rings. The molecule has 4 fully saturated rings. The third-order valence-corrected chi connectivity index (χ3v) is 12.2. The summed E-state index contributed by atoms with van der Waals surface area (Å²) in [6, 6.07) is 12.4. The summed E-state index contributed by atoms with van der Waals surface area (Å²) in [6.45, 7) is 3.89. The number of piperidine rings is 4. The van der Waals surface area contributed by atoms with Crippen molar-refractivity contribution in [3.8, 4) is 5.75 Å². The molecule has 55 heavy (non-hydrogen) atoms. The van der Waals surface area contributed by atoms with Crippen LogP contribution in [0.2, 0.25) is 5.02 Å². The number of hydrogen-bond acceptors (Lipinski definition) is 9. The number of carbonyl (C=O) groups excluding carboxylic acids is 3. The Morgan fingerprint density at radius 3 is 2.31 bits per heavy atom. The number of benzene rings is 2. The van der Waals surface area contributed by atoms with Crippen LogP contribution >= 0.6 is 11.6 Å². The Hall–Kier alpha value is -4.63. The molecule has 3 aromatic rings. The van der Waals surface area contributed by atoms with Gasteiger partial charge in [0.2, 0.25) is 11.8 Å². The molecule has 294 valence electrons. The maximum atomic E-state index is 13.6. The van der Waals surface area contributed by atoms with Gasteiger partial charge < -0.3 is 24.8 Å². The fourth-order valence-corrected chi connectivity index (χ4v) is 8.94. The van der Waals surface area contributed by atoms with Crippen LogP contribution in [0.5, 0.6) is 5.75 Å². The van der Waals surface area contributed by atoms with Gasteiger partial charge >= 0.3 is 6.36 Å². The van der Waals surface area contributed by atoms with Gasteiger partial charge in [-0.1, -0.05) is 29.8 Å². The van der Waals surface area contributed by atoms with Crippen LogP contribution in [0.25, 0.3) is 0 Å². The van der Waals surface area contributed by atoms with Crippen molar-refractivity contribution in [1.82, 2.24) is 24.9 Å². The monoisotopic (exact) mass is 783 g/mol. The maximum absolute atomic E-state index is 13.6. The second-order valence-electron chi connectivity index (χ2n) is 15.5. The zero-order chi connectivity index (χ0) is 39.1. The number of anilines is 2. The first-order chi connectivity index (χ1) is 26.2. The number of imide groups is 1. The number of rotatable bonds is 7. The largest absolute Gasteiger partial charge is 0.573 e. The van der Waals surface area contributed by atoms with Crippen LogP contribution < -0.4 is 25.8 Å². The molecule has 3 amide bonds. The number of aryl methyl sites for hydroxylation is 1. The highest BCUT2D eigenvalue weighted by molar-refractivity contribution is 6.32. The van der Waals surface area contributed by atoms with Gasteiger partial charge in [-0.05, 0) is 92.3 Å². The highest BCUT2D eigenvalue weighted by Gasteiger charge is 2.41. The minimum absolute atomic E-state index is 0.0145. The minimum Gasteiger partial charge on any atom is -0.404 e. The summed E-state index contributed by atoms with van der Waals surface area (Å²) in [5, 5.41) is 9.87. The number of nitrogens with one attached hydrogen (secondary N) is 2. The van der Waals surface area contributed by atoms with Crippen molar-refractivity contribution in [3.63, 3.8) is 0 Å². The van der Waals surface area contributed by atoms with Crippen LogP contribution in [0.1, 0.15) is 78.3 Å². The lowest BCUT2D eigenvalue weighted by atomic mass is 9.71. The number of likely N-dealkylation sites (tertiary alicyclic amines) is 2. The molecule has 2 aromatic carbocycles. The van der Waals surface area contributed by atoms with E-state index in [4.69, 9.17) is 11.6 Å². The summed E-state index contributed by atoms with van der Waals surface area (Å²) in [4.78, 5) is 55.9. The number of hydrogen-bond donors (Lipinski definition) is 2. The highest BCUT2D eigenvalue weighted by atomic mass is 35.5. The second kappa shape index (κ2) is 15.5. The van der Waals surface area contributed by atoms with Crippen molar-refractivity contribution in [2.45, 2.75) is 69.2 Å². The van der Waals surface area contributed by atoms with Gasteiger partial charge in [-0.25, -0.2) is 4.68 Å². The van der Waals surface area contributed by atoms with Gasteiger partial charge in [-0.2, -0.15) is 5.10 Å². The lowest BCUT2D eigenvalue weighted by molar-refractivity contribution is -0.274. The molecule has 2 N–H and O–H groups in total. The quantitative estimate of drug-likeness (QED) is 0.308. The average Bonchev–Trinajstić information content (AvgIpc) is 3.15. The lowest BCUT2D eigenvalue weighted by Crippen LogP contribution is -2.48. The molecule has 5 heterocycles. The molecule has 1 aromatic heterocycles. The van der Waals surface area contributed by atoms with Gasteiger partial charge in [0.05, 0.1) is 23.5 Å². The van der Waals surface area contributed by atoms with E-state index in [1.54, 1.807) is 25.4 Å². The first kappa shape index (κ1) is 38.6. The number of amides is 3. The number of aromatic nitrogens is 2. The Balaban J connectivity index is 0.942. The minimum atomic E-state index is -4.92. The number of alkyl halides is 3. The van der Waals surface area contributed by atoms with Crippen LogP contribution in [0.15, 0.2) is 53.5 Å². The summed E-state index contributed by atoms with van der Waals surface area (Å²) in [5.41, 5.74) is 2.59. The molecule has 0 saturated carbocycles. The Bertz CT molecular complexity index is 1990. The first-order valence-corrected chi connectivity index (χ1v) is 19.1. The predicted octanol–water partition coefficient (Wildman–Crippen LogP) is 5.28. The van der Waals surface area contributed by atoms with Gasteiger partial charge in [0.25, 0.3) is 11.5 Å². The SMILES string of the molecule is CN1C[C@@H](Nc2cnn(C)c(=O)c2Cl)C[C@@H](c2ccc(C(=O)N3CCC4(CC3)CCN(c3ccc(C5CCC(=O)NC5=O)cc3OC(F)(F)F)CC4)cc2)C1. The highest BCUT2D eigenvalue weighted by Crippen LogP contribution is 2.45. The van der Waals surface area contributed by atoms with E-state index in [0.29, 0.717) is 48.7 Å². The molecule has 1 spiro atoms. The van der Waals surface area contributed by atoms with Crippen molar-refractivity contribution in [2.24, 2.45) is 12.5 Å². The summed E-state index contributed by atoms with van der Waals surface area (Å²) in [7, 11) is 3.61. The summed E-state index contributed by atoms with van der Waals surface area (Å²) < 4.78 is 46.2. The number of nitrogens with zero attached hydrogens (tertiary/aromatic N) is 5. The third kappa shape index (κ3) is 8.62. The fourth-order valence-electron chi connectivity index (χ4n) is 8.71. The molecule has 1 unspecified atom stereocenters. The number of halogens is 4. The molecule has 16 heteroatoms. The van der Waals surface area contributed by atoms with Crippen molar-refractivity contribution in [3.05, 3.63) is 80.7 Å². The van der Waals surface area contributed by atoms with Gasteiger partial charge in [-0.3, -0.25) is 24.5 Å². The molecule has 0 aliphatic carbocycles. The first-order valence-electron chi connectivity index (χ1n) is 18.7. The maximum Gasteiger partial charge on any atom is 0.573 e. The molecular weight excluding hydrogens is 739 g/mol. The summed E-state index contributed by atoms with van der Waals surface area (Å²) in [5.74, 6) is -1.82. The molecule has 4 aliphatic heterocycles. The third-order valence-electron chi connectivity index (χ3n) is 11.8. The van der Waals surface area contributed by atoms with Gasteiger partial charge in [0, 0.05) is 64.3 Å². The smallest absolute Gasteiger partial charge is 0.404 e. The van der Waals surface area contributed by atoms with Crippen molar-refractivity contribution < 1.29 is 32.3 Å². The normalized spacial score (nSPS) is 23.4. The van der Waals surface area contributed by atoms with Crippen molar-refractivity contribution in [2.75, 3.05) is 56.5 Å². The second-order valence-corrected chi connectivity index (χ2v) is 15.9. The van der Waals surface area contributed by atoms with E-state index in [1.165, 1.54) is 10.7 Å². The van der Waals surface area contributed by atoms with Crippen LogP contribution in [-0.2, 0) is 16.6 Å². The van der Waals surface area contributed by atoms with E-state index >= 15 is 0 Å². The molecule has 3 atom stereocenters. The number of ether oxygens (including phenoxy) is 1. The fraction of sp³-hybridized carbons (Fsp3) is 0.513. The number of likely N-dealkylation sites (N-methyl/N-ethyl adjacent to an activating group) is 1. The van der Waals surface area contributed by atoms with Gasteiger partial charge in [0.1, 0.15) is 5.02 Å². The zero-order valence-electron chi connectivity index (χ0n) is 30.8. The molecular formula is C39H45ClF3N7O5. The average molecular weight is 784 g/mol. The standard InChI is InChI=1S/C39H45ClF3N7O5/c1-47-22-27(19-28(23-47)45-30-21-44-48(2)37(54)34(30)40)24-3-5-25(6-4-24)36(53)50-17-13-38(14-18-50)11-15-49(16-12-38)31-9-7-26(20-32(31)55-39(41,42)43)29-8-10-33(51)46-35(29)52/h3-7,9,20-21,27-29,45H,8,10-19,22-23H2,1-2H3,(H,46,51,52)/t27-,28+,29?/m1/s1. The molecule has 12 nitrogen and oxygen atoms in total. The Kier molecular flexibility index (Phi) is 10.9. The molecule has 0 radical (unpaired) electrons. The van der Waals surface area contributed by atoms with Crippen LogP contribution in [0, 0.1) is 5.41 Å². The Labute approximate surface area is 321 Å². The van der Waals surface area contributed by atoms with E-state index in [2.05, 4.69) is 32.4 Å². The van der Waals surface area contributed by atoms with E-state index in [-0.39, 0.29) is 52.5 Å². The van der Waals surface area contributed by atoms with Crippen LogP contribution in [0.3, 0.4) is 0 Å². The van der Waals surface area contributed by atoms with E-state index < -0.39 is 24.1 Å². The van der Waals surface area contributed by atoms with E-state index in [1.807, 2.05) is 34.1 Å². The van der Waals surface area contributed by atoms with Crippen LogP contribution in [-0.4, -0.2) is 96.0 Å². The van der Waals surface area contributed by atoms with Crippen LogP contribution in [0.4, 0.5) is 24.5 Å². The van der Waals surface area contributed by atoms with Gasteiger partial charge in [0.15, 0.2) is 5.75 Å². The Morgan fingerprint density at radius 1 is 0.964 bits per heavy atom. The summed E-state index contributed by atoms with van der Waals surface area (Å²) in [6.07, 6.45) is 0.949. The molecule has 0 bridgehead atoms. The number of carbonyl (C=O) groups is 3.